The minimum atomic E-state index is -3.64. The van der Waals surface area contributed by atoms with E-state index in [2.05, 4.69) is 19.2 Å². The molecule has 28 heavy (non-hydrogen) atoms. The second kappa shape index (κ2) is 8.78. The SMILES string of the molecule is CCC(C(=O)Nc1ccc(C(C)C)cc1)N(c1ccc(C)c(C)c1)S(C)(=O)=O. The van der Waals surface area contributed by atoms with Gasteiger partial charge in [0.05, 0.1) is 11.9 Å². The minimum Gasteiger partial charge on any atom is -0.324 e. The highest BCUT2D eigenvalue weighted by atomic mass is 32.2. The van der Waals surface area contributed by atoms with E-state index in [9.17, 15) is 13.2 Å². The molecule has 1 unspecified atom stereocenters. The molecule has 0 aliphatic heterocycles. The van der Waals surface area contributed by atoms with Crippen molar-refractivity contribution < 1.29 is 13.2 Å². The molecular weight excluding hydrogens is 372 g/mol. The van der Waals surface area contributed by atoms with E-state index in [-0.39, 0.29) is 5.91 Å². The molecule has 0 spiro atoms. The molecule has 0 radical (unpaired) electrons. The van der Waals surface area contributed by atoms with E-state index in [1.54, 1.807) is 6.07 Å². The molecule has 2 rings (SSSR count). The summed E-state index contributed by atoms with van der Waals surface area (Å²) >= 11 is 0. The van der Waals surface area contributed by atoms with Gasteiger partial charge in [0.1, 0.15) is 6.04 Å². The molecule has 5 nitrogen and oxygen atoms in total. The molecule has 0 aliphatic carbocycles. The predicted molar refractivity (Wildman–Crippen MR) is 116 cm³/mol. The molecule has 1 amide bonds. The largest absolute Gasteiger partial charge is 0.324 e. The van der Waals surface area contributed by atoms with Crippen LogP contribution in [0.15, 0.2) is 42.5 Å². The maximum absolute atomic E-state index is 13.0. The van der Waals surface area contributed by atoms with Gasteiger partial charge in [-0.3, -0.25) is 9.10 Å². The van der Waals surface area contributed by atoms with Crippen molar-refractivity contribution in [1.29, 1.82) is 0 Å². The number of hydrogen-bond donors (Lipinski definition) is 1. The van der Waals surface area contributed by atoms with E-state index in [0.717, 1.165) is 17.4 Å². The Hall–Kier alpha value is -2.34. The van der Waals surface area contributed by atoms with Gasteiger partial charge in [0, 0.05) is 5.69 Å². The highest BCUT2D eigenvalue weighted by Crippen LogP contribution is 2.26. The summed E-state index contributed by atoms with van der Waals surface area (Å²) < 4.78 is 26.3. The van der Waals surface area contributed by atoms with E-state index in [4.69, 9.17) is 0 Å². The third-order valence-corrected chi connectivity index (χ3v) is 6.10. The van der Waals surface area contributed by atoms with Crippen LogP contribution in [0.4, 0.5) is 11.4 Å². The Labute approximate surface area is 168 Å². The van der Waals surface area contributed by atoms with Gasteiger partial charge in [-0.15, -0.1) is 0 Å². The van der Waals surface area contributed by atoms with Gasteiger partial charge in [-0.1, -0.05) is 39.0 Å². The van der Waals surface area contributed by atoms with Crippen LogP contribution in [0.2, 0.25) is 0 Å². The van der Waals surface area contributed by atoms with Crippen LogP contribution in [0.3, 0.4) is 0 Å². The summed E-state index contributed by atoms with van der Waals surface area (Å²) in [6.07, 6.45) is 1.49. The van der Waals surface area contributed by atoms with E-state index in [1.165, 1.54) is 9.87 Å². The minimum absolute atomic E-state index is 0.344. The van der Waals surface area contributed by atoms with Gasteiger partial charge in [-0.05, 0) is 67.1 Å². The third-order valence-electron chi connectivity index (χ3n) is 4.92. The molecule has 0 heterocycles. The number of anilines is 2. The second-order valence-electron chi connectivity index (χ2n) is 7.52. The molecule has 0 saturated carbocycles. The Morgan fingerprint density at radius 1 is 1.04 bits per heavy atom. The highest BCUT2D eigenvalue weighted by Gasteiger charge is 2.31. The Morgan fingerprint density at radius 2 is 1.64 bits per heavy atom. The zero-order valence-electron chi connectivity index (χ0n) is 17.5. The van der Waals surface area contributed by atoms with Crippen LogP contribution >= 0.6 is 0 Å². The van der Waals surface area contributed by atoms with Crippen molar-refractivity contribution in [3.05, 3.63) is 59.2 Å². The first-order valence-corrected chi connectivity index (χ1v) is 11.4. The molecule has 2 aromatic carbocycles. The lowest BCUT2D eigenvalue weighted by Gasteiger charge is -2.30. The second-order valence-corrected chi connectivity index (χ2v) is 9.38. The molecule has 0 bridgehead atoms. The van der Waals surface area contributed by atoms with Gasteiger partial charge >= 0.3 is 0 Å². The number of amides is 1. The highest BCUT2D eigenvalue weighted by molar-refractivity contribution is 7.92. The number of nitrogens with zero attached hydrogens (tertiary/aromatic N) is 1. The maximum atomic E-state index is 13.0. The number of hydrogen-bond acceptors (Lipinski definition) is 3. The lowest BCUT2D eigenvalue weighted by atomic mass is 10.0. The lowest BCUT2D eigenvalue weighted by Crippen LogP contribution is -2.47. The van der Waals surface area contributed by atoms with Gasteiger partial charge in [0.15, 0.2) is 0 Å². The number of carbonyl (C=O) groups is 1. The first kappa shape index (κ1) is 22.0. The first-order valence-electron chi connectivity index (χ1n) is 9.52. The molecule has 0 aromatic heterocycles. The van der Waals surface area contributed by atoms with Gasteiger partial charge in [0.25, 0.3) is 0 Å². The van der Waals surface area contributed by atoms with Gasteiger partial charge in [-0.25, -0.2) is 8.42 Å². The topological polar surface area (TPSA) is 66.5 Å². The summed E-state index contributed by atoms with van der Waals surface area (Å²) in [5.41, 5.74) is 4.38. The molecule has 0 saturated heterocycles. The summed E-state index contributed by atoms with van der Waals surface area (Å²) in [5.74, 6) is 0.0575. The van der Waals surface area contributed by atoms with E-state index < -0.39 is 16.1 Å². The number of benzene rings is 2. The third kappa shape index (κ3) is 5.13. The zero-order chi connectivity index (χ0) is 21.1. The van der Waals surface area contributed by atoms with Crippen molar-refractivity contribution in [3.63, 3.8) is 0 Å². The van der Waals surface area contributed by atoms with Crippen molar-refractivity contribution in [2.45, 2.75) is 53.0 Å². The fourth-order valence-corrected chi connectivity index (χ4v) is 4.30. The molecule has 0 aliphatic rings. The number of aryl methyl sites for hydroxylation is 2. The zero-order valence-corrected chi connectivity index (χ0v) is 18.3. The van der Waals surface area contributed by atoms with Crippen molar-refractivity contribution in [2.75, 3.05) is 15.9 Å². The van der Waals surface area contributed by atoms with Crippen LogP contribution in [-0.4, -0.2) is 26.6 Å². The number of nitrogens with one attached hydrogen (secondary N) is 1. The average molecular weight is 403 g/mol. The number of rotatable bonds is 7. The van der Waals surface area contributed by atoms with Crippen molar-refractivity contribution in [2.24, 2.45) is 0 Å². The van der Waals surface area contributed by atoms with Crippen LogP contribution in [-0.2, 0) is 14.8 Å². The smallest absolute Gasteiger partial charge is 0.248 e. The Balaban J connectivity index is 2.34. The normalized spacial score (nSPS) is 12.7. The summed E-state index contributed by atoms with van der Waals surface area (Å²) in [5, 5.41) is 2.86. The van der Waals surface area contributed by atoms with E-state index in [0.29, 0.717) is 23.7 Å². The summed E-state index contributed by atoms with van der Waals surface area (Å²) in [6, 6.07) is 12.2. The average Bonchev–Trinajstić information content (AvgIpc) is 2.61. The molecule has 1 atom stereocenters. The van der Waals surface area contributed by atoms with Gasteiger partial charge in [-0.2, -0.15) is 0 Å². The van der Waals surface area contributed by atoms with Crippen LogP contribution in [0.1, 0.15) is 49.8 Å². The molecule has 2 aromatic rings. The Kier molecular flexibility index (Phi) is 6.88. The summed E-state index contributed by atoms with van der Waals surface area (Å²) in [6.45, 7) is 9.92. The Bertz CT molecular complexity index is 935. The van der Waals surface area contributed by atoms with Crippen molar-refractivity contribution in [1.82, 2.24) is 0 Å². The van der Waals surface area contributed by atoms with Gasteiger partial charge in [0.2, 0.25) is 15.9 Å². The van der Waals surface area contributed by atoms with Crippen LogP contribution in [0.25, 0.3) is 0 Å². The Morgan fingerprint density at radius 3 is 2.11 bits per heavy atom. The first-order chi connectivity index (χ1) is 13.0. The number of sulfonamides is 1. The van der Waals surface area contributed by atoms with E-state index in [1.807, 2.05) is 57.2 Å². The van der Waals surface area contributed by atoms with Crippen molar-refractivity contribution >= 4 is 27.3 Å². The monoisotopic (exact) mass is 402 g/mol. The molecular formula is C22H30N2O3S. The fourth-order valence-electron chi connectivity index (χ4n) is 3.10. The molecule has 1 N–H and O–H groups in total. The van der Waals surface area contributed by atoms with Gasteiger partial charge < -0.3 is 5.32 Å². The fraction of sp³-hybridized carbons (Fsp3) is 0.409. The van der Waals surface area contributed by atoms with E-state index >= 15 is 0 Å². The summed E-state index contributed by atoms with van der Waals surface area (Å²) in [7, 11) is -3.64. The predicted octanol–water partition coefficient (Wildman–Crippen LogP) is 4.61. The maximum Gasteiger partial charge on any atom is 0.248 e. The molecule has 6 heteroatoms. The standard InChI is InChI=1S/C22H30N2O3S/c1-7-21(22(25)23-19-11-9-18(10-12-19)15(2)3)24(28(6,26)27)20-13-8-16(4)17(5)14-20/h8-15,21H,7H2,1-6H3,(H,23,25). The number of carbonyl (C=O) groups excluding carboxylic acids is 1. The van der Waals surface area contributed by atoms with Crippen LogP contribution in [0, 0.1) is 13.8 Å². The molecule has 152 valence electrons. The van der Waals surface area contributed by atoms with Crippen LogP contribution < -0.4 is 9.62 Å². The van der Waals surface area contributed by atoms with Crippen molar-refractivity contribution in [3.8, 4) is 0 Å². The molecule has 0 fully saturated rings. The quantitative estimate of drug-likeness (QED) is 0.735. The summed E-state index contributed by atoms with van der Waals surface area (Å²) in [4.78, 5) is 13.0. The van der Waals surface area contributed by atoms with Crippen LogP contribution in [0.5, 0.6) is 0 Å². The lowest BCUT2D eigenvalue weighted by molar-refractivity contribution is -0.117.